The SMILES string of the molecule is CN(C)c1cc2c(c(-c3ccc(C#N)cc3)c1)CN(C#N)C2. The lowest BCUT2D eigenvalue weighted by Crippen LogP contribution is -2.09. The molecule has 0 aliphatic carbocycles. The molecule has 1 heterocycles. The van der Waals surface area contributed by atoms with Crippen LogP contribution in [-0.4, -0.2) is 19.0 Å². The molecule has 2 aromatic carbocycles. The minimum Gasteiger partial charge on any atom is -0.378 e. The number of hydrogen-bond donors (Lipinski definition) is 0. The molecular weight excluding hydrogens is 272 g/mol. The highest BCUT2D eigenvalue weighted by Gasteiger charge is 2.22. The van der Waals surface area contributed by atoms with E-state index in [1.807, 2.05) is 38.4 Å². The lowest BCUT2D eigenvalue weighted by molar-refractivity contribution is 0.417. The van der Waals surface area contributed by atoms with Gasteiger partial charge in [0.2, 0.25) is 0 Å². The van der Waals surface area contributed by atoms with Crippen molar-refractivity contribution in [3.63, 3.8) is 0 Å². The second-order valence-corrected chi connectivity index (χ2v) is 5.67. The molecule has 0 saturated carbocycles. The van der Waals surface area contributed by atoms with Gasteiger partial charge >= 0.3 is 0 Å². The summed E-state index contributed by atoms with van der Waals surface area (Å²) in [6.45, 7) is 1.31. The third kappa shape index (κ3) is 2.36. The van der Waals surface area contributed by atoms with E-state index in [9.17, 15) is 5.26 Å². The van der Waals surface area contributed by atoms with Crippen molar-refractivity contribution in [1.82, 2.24) is 4.90 Å². The number of nitriles is 2. The Bertz CT molecular complexity index is 792. The van der Waals surface area contributed by atoms with Crippen molar-refractivity contribution in [3.05, 3.63) is 53.1 Å². The Hall–Kier alpha value is -2.98. The van der Waals surface area contributed by atoms with Crippen LogP contribution >= 0.6 is 0 Å². The van der Waals surface area contributed by atoms with Crippen LogP contribution < -0.4 is 4.90 Å². The van der Waals surface area contributed by atoms with E-state index in [1.54, 1.807) is 4.90 Å². The third-order valence-corrected chi connectivity index (χ3v) is 4.02. The molecule has 1 aliphatic rings. The maximum atomic E-state index is 9.18. The van der Waals surface area contributed by atoms with Gasteiger partial charge in [0.05, 0.1) is 24.7 Å². The van der Waals surface area contributed by atoms with Gasteiger partial charge in [-0.25, -0.2) is 0 Å². The van der Waals surface area contributed by atoms with Crippen LogP contribution in [0.25, 0.3) is 11.1 Å². The predicted octanol–water partition coefficient (Wildman–Crippen LogP) is 3.09. The Morgan fingerprint density at radius 3 is 2.36 bits per heavy atom. The number of rotatable bonds is 2. The van der Waals surface area contributed by atoms with Crippen molar-refractivity contribution in [3.8, 4) is 23.4 Å². The predicted molar refractivity (Wildman–Crippen MR) is 85.8 cm³/mol. The summed E-state index contributed by atoms with van der Waals surface area (Å²) in [4.78, 5) is 3.83. The van der Waals surface area contributed by atoms with E-state index in [0.29, 0.717) is 18.7 Å². The number of fused-ring (bicyclic) bond motifs is 1. The van der Waals surface area contributed by atoms with E-state index in [4.69, 9.17) is 5.26 Å². The molecule has 0 aromatic heterocycles. The summed E-state index contributed by atoms with van der Waals surface area (Å²) >= 11 is 0. The first-order valence-electron chi connectivity index (χ1n) is 7.10. The molecule has 3 rings (SSSR count). The first-order valence-corrected chi connectivity index (χ1v) is 7.10. The van der Waals surface area contributed by atoms with Gasteiger partial charge in [0.25, 0.3) is 0 Å². The smallest absolute Gasteiger partial charge is 0.179 e. The van der Waals surface area contributed by atoms with Crippen LogP contribution in [0.3, 0.4) is 0 Å². The molecular formula is C18H16N4. The van der Waals surface area contributed by atoms with Gasteiger partial charge in [-0.15, -0.1) is 0 Å². The highest BCUT2D eigenvalue weighted by molar-refractivity contribution is 5.75. The number of anilines is 1. The highest BCUT2D eigenvalue weighted by atomic mass is 15.1. The molecule has 0 N–H and O–H groups in total. The summed E-state index contributed by atoms with van der Waals surface area (Å²) in [6.07, 6.45) is 2.23. The van der Waals surface area contributed by atoms with E-state index in [-0.39, 0.29) is 0 Å². The summed E-state index contributed by atoms with van der Waals surface area (Å²) in [5, 5.41) is 18.1. The monoisotopic (exact) mass is 288 g/mol. The van der Waals surface area contributed by atoms with Crippen LogP contribution in [0.5, 0.6) is 0 Å². The van der Waals surface area contributed by atoms with Crippen molar-refractivity contribution >= 4 is 5.69 Å². The lowest BCUT2D eigenvalue weighted by Gasteiger charge is -2.17. The zero-order chi connectivity index (χ0) is 15.7. The van der Waals surface area contributed by atoms with Gasteiger partial charge in [0, 0.05) is 19.8 Å². The molecule has 2 aromatic rings. The highest BCUT2D eigenvalue weighted by Crippen LogP contribution is 2.36. The molecule has 0 fully saturated rings. The lowest BCUT2D eigenvalue weighted by atomic mass is 9.95. The van der Waals surface area contributed by atoms with Crippen molar-refractivity contribution in [2.45, 2.75) is 13.1 Å². The largest absolute Gasteiger partial charge is 0.378 e. The molecule has 0 amide bonds. The zero-order valence-corrected chi connectivity index (χ0v) is 12.7. The Morgan fingerprint density at radius 1 is 1.05 bits per heavy atom. The number of nitrogens with zero attached hydrogens (tertiary/aromatic N) is 4. The van der Waals surface area contributed by atoms with E-state index >= 15 is 0 Å². The van der Waals surface area contributed by atoms with Crippen molar-refractivity contribution in [2.24, 2.45) is 0 Å². The topological polar surface area (TPSA) is 54.1 Å². The summed E-state index contributed by atoms with van der Waals surface area (Å²) in [5.74, 6) is 0. The van der Waals surface area contributed by atoms with Gasteiger partial charge in [-0.1, -0.05) is 12.1 Å². The fraction of sp³-hybridized carbons (Fsp3) is 0.222. The summed E-state index contributed by atoms with van der Waals surface area (Å²) in [7, 11) is 4.03. The van der Waals surface area contributed by atoms with E-state index in [0.717, 1.165) is 16.8 Å². The molecule has 1 aliphatic heterocycles. The maximum Gasteiger partial charge on any atom is 0.179 e. The van der Waals surface area contributed by atoms with Gasteiger partial charge in [0.15, 0.2) is 6.19 Å². The normalized spacial score (nSPS) is 12.5. The van der Waals surface area contributed by atoms with Crippen LogP contribution in [0, 0.1) is 22.8 Å². The van der Waals surface area contributed by atoms with Gasteiger partial charge in [-0.3, -0.25) is 0 Å². The standard InChI is InChI=1S/C18H16N4/c1-21(2)16-7-15-10-22(12-20)11-18(15)17(8-16)14-5-3-13(9-19)4-6-14/h3-8H,10-11H2,1-2H3. The summed E-state index contributed by atoms with van der Waals surface area (Å²) in [5.41, 5.74) is 6.41. The van der Waals surface area contributed by atoms with Gasteiger partial charge in [-0.05, 0) is 46.5 Å². The van der Waals surface area contributed by atoms with Crippen LogP contribution in [0.15, 0.2) is 36.4 Å². The van der Waals surface area contributed by atoms with E-state index < -0.39 is 0 Å². The Morgan fingerprint density at radius 2 is 1.77 bits per heavy atom. The first kappa shape index (κ1) is 14.0. The minimum absolute atomic E-state index is 0.648. The maximum absolute atomic E-state index is 9.18. The fourth-order valence-electron chi connectivity index (χ4n) is 2.81. The summed E-state index contributed by atoms with van der Waals surface area (Å²) < 4.78 is 0. The Kier molecular flexibility index (Phi) is 3.45. The Balaban J connectivity index is 2.14. The minimum atomic E-state index is 0.648. The zero-order valence-electron chi connectivity index (χ0n) is 12.7. The van der Waals surface area contributed by atoms with Crippen molar-refractivity contribution in [1.29, 1.82) is 10.5 Å². The molecule has 0 radical (unpaired) electrons. The molecule has 0 spiro atoms. The van der Waals surface area contributed by atoms with Gasteiger partial charge in [-0.2, -0.15) is 10.5 Å². The van der Waals surface area contributed by atoms with Crippen LogP contribution in [-0.2, 0) is 13.1 Å². The second-order valence-electron chi connectivity index (χ2n) is 5.67. The van der Waals surface area contributed by atoms with Crippen LogP contribution in [0.2, 0.25) is 0 Å². The molecule has 4 heteroatoms. The van der Waals surface area contributed by atoms with Gasteiger partial charge in [0.1, 0.15) is 0 Å². The number of benzene rings is 2. The molecule has 0 unspecified atom stereocenters. The quantitative estimate of drug-likeness (QED) is 0.797. The van der Waals surface area contributed by atoms with E-state index in [2.05, 4.69) is 29.3 Å². The second kappa shape index (κ2) is 5.42. The molecule has 0 saturated heterocycles. The van der Waals surface area contributed by atoms with Crippen LogP contribution in [0.1, 0.15) is 16.7 Å². The molecule has 4 nitrogen and oxygen atoms in total. The van der Waals surface area contributed by atoms with Crippen LogP contribution in [0.4, 0.5) is 5.69 Å². The average molecular weight is 288 g/mol. The van der Waals surface area contributed by atoms with Gasteiger partial charge < -0.3 is 9.80 Å². The Labute approximate surface area is 130 Å². The van der Waals surface area contributed by atoms with E-state index in [1.165, 1.54) is 11.1 Å². The van der Waals surface area contributed by atoms with Crippen molar-refractivity contribution < 1.29 is 0 Å². The molecule has 22 heavy (non-hydrogen) atoms. The average Bonchev–Trinajstić information content (AvgIpc) is 2.97. The first-order chi connectivity index (χ1) is 10.6. The third-order valence-electron chi connectivity index (χ3n) is 4.02. The molecule has 108 valence electrons. The molecule has 0 bridgehead atoms. The number of hydrogen-bond acceptors (Lipinski definition) is 4. The molecule has 0 atom stereocenters. The fourth-order valence-corrected chi connectivity index (χ4v) is 2.81. The van der Waals surface area contributed by atoms with Crippen molar-refractivity contribution in [2.75, 3.05) is 19.0 Å². The summed E-state index contributed by atoms with van der Waals surface area (Å²) in [6, 6.07) is 14.1.